The third-order valence-electron chi connectivity index (χ3n) is 3.86. The van der Waals surface area contributed by atoms with Crippen molar-refractivity contribution < 1.29 is 8.42 Å². The lowest BCUT2D eigenvalue weighted by molar-refractivity contribution is 0.393. The zero-order valence-corrected chi connectivity index (χ0v) is 13.8. The van der Waals surface area contributed by atoms with Gasteiger partial charge in [-0.25, -0.2) is 18.1 Å². The summed E-state index contributed by atoms with van der Waals surface area (Å²) in [4.78, 5) is 5.51. The topological polar surface area (TPSA) is 68.1 Å². The van der Waals surface area contributed by atoms with E-state index in [-0.39, 0.29) is 4.90 Å². The van der Waals surface area contributed by atoms with Gasteiger partial charge in [-0.1, -0.05) is 18.2 Å². The number of nitrogens with zero attached hydrogens (tertiary/aromatic N) is 4. The van der Waals surface area contributed by atoms with Crippen LogP contribution in [0.3, 0.4) is 0 Å². The fraction of sp³-hybridized carbons (Fsp3) is 0.200. The summed E-state index contributed by atoms with van der Waals surface area (Å²) < 4.78 is 28.7. The summed E-state index contributed by atoms with van der Waals surface area (Å²) >= 11 is 1.50. The molecule has 0 spiro atoms. The highest BCUT2D eigenvalue weighted by Gasteiger charge is 2.30. The monoisotopic (exact) mass is 346 g/mol. The molecule has 2 aromatic heterocycles. The van der Waals surface area contributed by atoms with Crippen LogP contribution in [0.2, 0.25) is 0 Å². The van der Waals surface area contributed by atoms with Crippen molar-refractivity contribution in [2.24, 2.45) is 0 Å². The maximum absolute atomic E-state index is 12.8. The van der Waals surface area contributed by atoms with Crippen LogP contribution in [0.4, 0.5) is 0 Å². The number of rotatable bonds is 3. The number of sulfonamides is 1. The highest BCUT2D eigenvalue weighted by atomic mass is 32.2. The van der Waals surface area contributed by atoms with Crippen molar-refractivity contribution in [3.05, 3.63) is 58.8 Å². The van der Waals surface area contributed by atoms with Gasteiger partial charge in [0.2, 0.25) is 10.0 Å². The largest absolute Gasteiger partial charge is 0.249 e. The highest BCUT2D eigenvalue weighted by molar-refractivity contribution is 7.89. The Bertz CT molecular complexity index is 931. The molecule has 3 aromatic rings. The predicted octanol–water partition coefficient (Wildman–Crippen LogP) is 2.08. The van der Waals surface area contributed by atoms with Crippen molar-refractivity contribution in [1.29, 1.82) is 0 Å². The highest BCUT2D eigenvalue weighted by Crippen LogP contribution is 2.26. The Balaban J connectivity index is 1.64. The van der Waals surface area contributed by atoms with Gasteiger partial charge in [-0.2, -0.15) is 9.40 Å². The van der Waals surface area contributed by atoms with Gasteiger partial charge in [0.25, 0.3) is 0 Å². The Morgan fingerprint density at radius 2 is 2.00 bits per heavy atom. The molecule has 0 N–H and O–H groups in total. The van der Waals surface area contributed by atoms with E-state index in [4.69, 9.17) is 0 Å². The van der Waals surface area contributed by atoms with E-state index in [2.05, 4.69) is 10.1 Å². The van der Waals surface area contributed by atoms with Gasteiger partial charge < -0.3 is 0 Å². The summed E-state index contributed by atoms with van der Waals surface area (Å²) in [6, 6.07) is 9.45. The SMILES string of the molecule is O=S(=O)(c1cnn(-c2ccccc2)c1)N1CCc2ncsc2C1. The Morgan fingerprint density at radius 3 is 2.83 bits per heavy atom. The summed E-state index contributed by atoms with van der Waals surface area (Å²) in [7, 11) is -3.54. The number of fused-ring (bicyclic) bond motifs is 1. The molecule has 0 amide bonds. The average molecular weight is 346 g/mol. The van der Waals surface area contributed by atoms with Gasteiger partial charge in [-0.15, -0.1) is 11.3 Å². The molecule has 3 heterocycles. The van der Waals surface area contributed by atoms with Crippen molar-refractivity contribution in [1.82, 2.24) is 19.1 Å². The Kier molecular flexibility index (Phi) is 3.51. The van der Waals surface area contributed by atoms with E-state index in [1.807, 2.05) is 30.3 Å². The van der Waals surface area contributed by atoms with Crippen LogP contribution in [0.1, 0.15) is 10.6 Å². The number of aromatic nitrogens is 3. The van der Waals surface area contributed by atoms with Gasteiger partial charge in [-0.3, -0.25) is 0 Å². The summed E-state index contributed by atoms with van der Waals surface area (Å²) in [5.74, 6) is 0. The van der Waals surface area contributed by atoms with Crippen LogP contribution in [0.5, 0.6) is 0 Å². The van der Waals surface area contributed by atoms with Gasteiger partial charge in [0.1, 0.15) is 4.90 Å². The Morgan fingerprint density at radius 1 is 1.17 bits per heavy atom. The molecule has 118 valence electrons. The third kappa shape index (κ3) is 2.58. The van der Waals surface area contributed by atoms with Gasteiger partial charge in [0, 0.05) is 17.8 Å². The second-order valence-electron chi connectivity index (χ2n) is 5.27. The lowest BCUT2D eigenvalue weighted by Crippen LogP contribution is -2.35. The van der Waals surface area contributed by atoms with Crippen LogP contribution in [0.15, 0.2) is 53.1 Å². The van der Waals surface area contributed by atoms with Crippen molar-refractivity contribution >= 4 is 21.4 Å². The fourth-order valence-corrected chi connectivity index (χ4v) is 4.86. The molecule has 1 aliphatic heterocycles. The first-order valence-corrected chi connectivity index (χ1v) is 9.48. The molecule has 0 radical (unpaired) electrons. The summed E-state index contributed by atoms with van der Waals surface area (Å²) in [6.07, 6.45) is 3.63. The van der Waals surface area contributed by atoms with Gasteiger partial charge in [0.15, 0.2) is 0 Å². The van der Waals surface area contributed by atoms with Crippen molar-refractivity contribution in [2.75, 3.05) is 6.54 Å². The lowest BCUT2D eigenvalue weighted by atomic mass is 10.2. The third-order valence-corrected chi connectivity index (χ3v) is 6.52. The minimum atomic E-state index is -3.54. The first-order valence-electron chi connectivity index (χ1n) is 7.16. The Labute approximate surface area is 138 Å². The van der Waals surface area contributed by atoms with Crippen molar-refractivity contribution in [3.8, 4) is 5.69 Å². The molecular weight excluding hydrogens is 332 g/mol. The molecule has 8 heteroatoms. The van der Waals surface area contributed by atoms with Crippen LogP contribution in [-0.2, 0) is 23.0 Å². The molecule has 4 rings (SSSR count). The first-order chi connectivity index (χ1) is 11.1. The second kappa shape index (κ2) is 5.55. The maximum Gasteiger partial charge on any atom is 0.246 e. The van der Waals surface area contributed by atoms with Crippen LogP contribution in [0.25, 0.3) is 5.69 Å². The minimum Gasteiger partial charge on any atom is -0.249 e. The van der Waals surface area contributed by atoms with E-state index in [0.717, 1.165) is 16.3 Å². The summed E-state index contributed by atoms with van der Waals surface area (Å²) in [5.41, 5.74) is 3.62. The number of benzene rings is 1. The number of thiazole rings is 1. The van der Waals surface area contributed by atoms with Crippen LogP contribution in [0, 0.1) is 0 Å². The standard InChI is InChI=1S/C15H14N4O2S2/c20-23(21,18-7-6-14-15(10-18)22-11-16-14)13-8-17-19(9-13)12-4-2-1-3-5-12/h1-5,8-9,11H,6-7,10H2. The van der Waals surface area contributed by atoms with Crippen molar-refractivity contribution in [3.63, 3.8) is 0 Å². The minimum absolute atomic E-state index is 0.217. The number of hydrogen-bond acceptors (Lipinski definition) is 5. The molecule has 0 aliphatic carbocycles. The van der Waals surface area contributed by atoms with E-state index in [9.17, 15) is 8.42 Å². The van der Waals surface area contributed by atoms with E-state index in [1.165, 1.54) is 21.8 Å². The zero-order valence-electron chi connectivity index (χ0n) is 12.2. The van der Waals surface area contributed by atoms with Crippen LogP contribution in [-0.4, -0.2) is 34.0 Å². The first kappa shape index (κ1) is 14.6. The molecular formula is C15H14N4O2S2. The van der Waals surface area contributed by atoms with Crippen molar-refractivity contribution in [2.45, 2.75) is 17.9 Å². The number of para-hydroxylation sites is 1. The molecule has 0 saturated carbocycles. The molecule has 6 nitrogen and oxygen atoms in total. The van der Waals surface area contributed by atoms with E-state index >= 15 is 0 Å². The normalized spacial score (nSPS) is 15.5. The summed E-state index contributed by atoms with van der Waals surface area (Å²) in [5, 5.41) is 4.18. The molecule has 0 bridgehead atoms. The average Bonchev–Trinajstić information content (AvgIpc) is 3.24. The molecule has 1 aliphatic rings. The van der Waals surface area contributed by atoms with E-state index < -0.39 is 10.0 Å². The molecule has 23 heavy (non-hydrogen) atoms. The van der Waals surface area contributed by atoms with E-state index in [1.54, 1.807) is 16.4 Å². The lowest BCUT2D eigenvalue weighted by Gasteiger charge is -2.24. The Hall–Kier alpha value is -2.03. The zero-order chi connectivity index (χ0) is 15.9. The van der Waals surface area contributed by atoms with Crippen LogP contribution < -0.4 is 0 Å². The van der Waals surface area contributed by atoms with Gasteiger partial charge >= 0.3 is 0 Å². The van der Waals surface area contributed by atoms with Crippen LogP contribution >= 0.6 is 11.3 Å². The molecule has 0 saturated heterocycles. The quantitative estimate of drug-likeness (QED) is 0.728. The summed E-state index contributed by atoms with van der Waals surface area (Å²) in [6.45, 7) is 0.842. The molecule has 0 fully saturated rings. The fourth-order valence-electron chi connectivity index (χ4n) is 2.61. The van der Waals surface area contributed by atoms with E-state index in [0.29, 0.717) is 19.5 Å². The van der Waals surface area contributed by atoms with Gasteiger partial charge in [0.05, 0.1) is 35.8 Å². The van der Waals surface area contributed by atoms with Gasteiger partial charge in [-0.05, 0) is 12.1 Å². The molecule has 1 aromatic carbocycles. The predicted molar refractivity (Wildman–Crippen MR) is 87.0 cm³/mol. The molecule has 0 unspecified atom stereocenters. The number of hydrogen-bond donors (Lipinski definition) is 0. The smallest absolute Gasteiger partial charge is 0.246 e. The molecule has 0 atom stereocenters. The second-order valence-corrected chi connectivity index (χ2v) is 8.14. The maximum atomic E-state index is 12.8.